The Bertz CT molecular complexity index is 591. The van der Waals surface area contributed by atoms with E-state index in [1.807, 2.05) is 13.8 Å². The van der Waals surface area contributed by atoms with Crippen molar-refractivity contribution >= 4 is 11.5 Å². The summed E-state index contributed by atoms with van der Waals surface area (Å²) in [5.74, 6) is 0.485. The number of nitrogens with two attached hydrogens (primary N) is 1. The first kappa shape index (κ1) is 16.3. The minimum absolute atomic E-state index is 0.0104. The molecule has 0 aromatic carbocycles. The van der Waals surface area contributed by atoms with E-state index in [0.29, 0.717) is 18.8 Å². The van der Waals surface area contributed by atoms with Crippen LogP contribution >= 0.6 is 0 Å². The third-order valence-electron chi connectivity index (χ3n) is 2.93. The third-order valence-corrected chi connectivity index (χ3v) is 2.93. The van der Waals surface area contributed by atoms with Crippen molar-refractivity contribution in [3.63, 3.8) is 0 Å². The highest BCUT2D eigenvalue weighted by molar-refractivity contribution is 5.60. The lowest BCUT2D eigenvalue weighted by molar-refractivity contribution is 0.441. The highest BCUT2D eigenvalue weighted by Gasteiger charge is 2.18. The van der Waals surface area contributed by atoms with Gasteiger partial charge in [-0.25, -0.2) is 4.79 Å². The molecule has 0 radical (unpaired) electrons. The van der Waals surface area contributed by atoms with E-state index >= 15 is 0 Å². The molecule has 1 rings (SSSR count). The van der Waals surface area contributed by atoms with E-state index in [4.69, 9.17) is 5.73 Å². The molecule has 6 heteroatoms. The van der Waals surface area contributed by atoms with Crippen molar-refractivity contribution in [1.82, 2.24) is 9.13 Å². The van der Waals surface area contributed by atoms with Crippen LogP contribution in [-0.4, -0.2) is 15.7 Å². The third kappa shape index (κ3) is 3.65. The van der Waals surface area contributed by atoms with Crippen LogP contribution in [0.4, 0.5) is 11.5 Å². The topological polar surface area (TPSA) is 82.0 Å². The van der Waals surface area contributed by atoms with Crippen LogP contribution in [0.15, 0.2) is 9.59 Å². The summed E-state index contributed by atoms with van der Waals surface area (Å²) in [5.41, 5.74) is 5.59. The Morgan fingerprint density at radius 1 is 1.25 bits per heavy atom. The maximum absolute atomic E-state index is 12.2. The van der Waals surface area contributed by atoms with Crippen molar-refractivity contribution in [2.24, 2.45) is 18.4 Å². The Morgan fingerprint density at radius 2 is 1.80 bits per heavy atom. The molecule has 0 spiro atoms. The van der Waals surface area contributed by atoms with Crippen LogP contribution in [0, 0.1) is 11.3 Å². The molecule has 114 valence electrons. The van der Waals surface area contributed by atoms with Crippen molar-refractivity contribution in [2.45, 2.75) is 41.2 Å². The molecule has 0 aliphatic heterocycles. The van der Waals surface area contributed by atoms with Crippen molar-refractivity contribution in [2.75, 3.05) is 17.6 Å². The van der Waals surface area contributed by atoms with Gasteiger partial charge in [-0.05, 0) is 11.3 Å². The summed E-state index contributed by atoms with van der Waals surface area (Å²) in [7, 11) is 1.48. The Hall–Kier alpha value is -1.72. The summed E-state index contributed by atoms with van der Waals surface area (Å²) in [6.45, 7) is 11.3. The second-order valence-corrected chi connectivity index (χ2v) is 6.83. The molecule has 0 aliphatic rings. The van der Waals surface area contributed by atoms with Gasteiger partial charge in [0.2, 0.25) is 0 Å². The molecule has 20 heavy (non-hydrogen) atoms. The molecule has 0 bridgehead atoms. The maximum Gasteiger partial charge on any atom is 0.332 e. The number of nitrogens with zero attached hydrogens (tertiary/aromatic N) is 2. The van der Waals surface area contributed by atoms with E-state index in [2.05, 4.69) is 26.1 Å². The molecular weight excluding hydrogens is 256 g/mol. The fourth-order valence-electron chi connectivity index (χ4n) is 1.84. The molecule has 3 N–H and O–H groups in total. The number of nitrogens with one attached hydrogen (secondary N) is 1. The summed E-state index contributed by atoms with van der Waals surface area (Å²) in [6.07, 6.45) is 0. The van der Waals surface area contributed by atoms with Gasteiger partial charge in [-0.1, -0.05) is 34.6 Å². The normalized spacial score (nSPS) is 11.9. The lowest BCUT2D eigenvalue weighted by Gasteiger charge is -2.22. The second-order valence-electron chi connectivity index (χ2n) is 6.83. The van der Waals surface area contributed by atoms with E-state index in [9.17, 15) is 9.59 Å². The molecule has 0 fully saturated rings. The van der Waals surface area contributed by atoms with Gasteiger partial charge in [0.05, 0.1) is 0 Å². The highest BCUT2D eigenvalue weighted by atomic mass is 16.2. The molecule has 1 aromatic rings. The number of hydrogen-bond acceptors (Lipinski definition) is 4. The molecule has 6 nitrogen and oxygen atoms in total. The Kier molecular flexibility index (Phi) is 4.68. The second kappa shape index (κ2) is 5.73. The number of rotatable bonds is 4. The summed E-state index contributed by atoms with van der Waals surface area (Å²) in [4.78, 5) is 24.3. The van der Waals surface area contributed by atoms with Crippen LogP contribution in [0.3, 0.4) is 0 Å². The monoisotopic (exact) mass is 282 g/mol. The molecule has 0 atom stereocenters. The number of anilines is 2. The van der Waals surface area contributed by atoms with Crippen molar-refractivity contribution in [3.05, 3.63) is 20.8 Å². The quantitative estimate of drug-likeness (QED) is 0.870. The van der Waals surface area contributed by atoms with Crippen LogP contribution in [0.5, 0.6) is 0 Å². The zero-order valence-corrected chi connectivity index (χ0v) is 13.3. The average Bonchev–Trinajstić information content (AvgIpc) is 2.30. The summed E-state index contributed by atoms with van der Waals surface area (Å²) < 4.78 is 2.56. The smallest absolute Gasteiger partial charge is 0.332 e. The molecular formula is C14H26N4O2. The average molecular weight is 282 g/mol. The fraction of sp³-hybridized carbons (Fsp3) is 0.714. The zero-order chi connectivity index (χ0) is 15.7. The van der Waals surface area contributed by atoms with Gasteiger partial charge >= 0.3 is 5.69 Å². The molecule has 0 saturated carbocycles. The summed E-state index contributed by atoms with van der Waals surface area (Å²) in [6, 6.07) is 0. The fourth-order valence-corrected chi connectivity index (χ4v) is 1.84. The Labute approximate surface area is 119 Å². The van der Waals surface area contributed by atoms with E-state index in [1.54, 1.807) is 0 Å². The molecule has 0 unspecified atom stereocenters. The van der Waals surface area contributed by atoms with E-state index in [-0.39, 0.29) is 28.4 Å². The van der Waals surface area contributed by atoms with Crippen molar-refractivity contribution in [3.8, 4) is 0 Å². The molecule has 1 aromatic heterocycles. The number of hydrogen-bond donors (Lipinski definition) is 2. The van der Waals surface area contributed by atoms with Crippen LogP contribution in [0.1, 0.15) is 34.6 Å². The highest BCUT2D eigenvalue weighted by Crippen LogP contribution is 2.17. The number of nitrogen functional groups attached to an aromatic ring is 1. The molecule has 0 saturated heterocycles. The molecule has 1 heterocycles. The Balaban J connectivity index is 3.34. The van der Waals surface area contributed by atoms with Gasteiger partial charge in [0.1, 0.15) is 11.5 Å². The van der Waals surface area contributed by atoms with Gasteiger partial charge in [-0.2, -0.15) is 0 Å². The SMILES string of the molecule is CC(C)Cn1c(N)c(NCC(C)(C)C)c(=O)n(C)c1=O. The lowest BCUT2D eigenvalue weighted by Crippen LogP contribution is -2.42. The predicted octanol–water partition coefficient (Wildman–Crippen LogP) is 1.24. The van der Waals surface area contributed by atoms with E-state index in [0.717, 1.165) is 4.57 Å². The van der Waals surface area contributed by atoms with Crippen LogP contribution in [-0.2, 0) is 13.6 Å². The minimum Gasteiger partial charge on any atom is -0.383 e. The van der Waals surface area contributed by atoms with Gasteiger partial charge in [0.25, 0.3) is 5.56 Å². The predicted molar refractivity (Wildman–Crippen MR) is 83.1 cm³/mol. The Morgan fingerprint density at radius 3 is 2.25 bits per heavy atom. The zero-order valence-electron chi connectivity index (χ0n) is 13.3. The van der Waals surface area contributed by atoms with Crippen molar-refractivity contribution in [1.29, 1.82) is 0 Å². The van der Waals surface area contributed by atoms with E-state index < -0.39 is 0 Å². The van der Waals surface area contributed by atoms with Gasteiger partial charge in [0, 0.05) is 20.1 Å². The first-order valence-electron chi connectivity index (χ1n) is 6.87. The van der Waals surface area contributed by atoms with E-state index in [1.165, 1.54) is 11.6 Å². The number of aromatic nitrogens is 2. The largest absolute Gasteiger partial charge is 0.383 e. The summed E-state index contributed by atoms with van der Waals surface area (Å²) in [5, 5.41) is 3.08. The van der Waals surface area contributed by atoms with Crippen LogP contribution in [0.25, 0.3) is 0 Å². The van der Waals surface area contributed by atoms with Gasteiger partial charge in [-0.3, -0.25) is 13.9 Å². The van der Waals surface area contributed by atoms with Gasteiger partial charge in [-0.15, -0.1) is 0 Å². The van der Waals surface area contributed by atoms with Crippen molar-refractivity contribution < 1.29 is 0 Å². The summed E-state index contributed by atoms with van der Waals surface area (Å²) >= 11 is 0. The van der Waals surface area contributed by atoms with Gasteiger partial charge in [0.15, 0.2) is 0 Å². The maximum atomic E-state index is 12.2. The standard InChI is InChI=1S/C14H26N4O2/c1-9(2)7-18-11(15)10(16-8-14(3,4)5)12(19)17(6)13(18)20/h9,16H,7-8,15H2,1-6H3. The van der Waals surface area contributed by atoms with Crippen LogP contribution < -0.4 is 22.3 Å². The molecule has 0 aliphatic carbocycles. The molecule has 0 amide bonds. The first-order valence-corrected chi connectivity index (χ1v) is 6.87. The first-order chi connectivity index (χ1) is 9.04. The lowest BCUT2D eigenvalue weighted by atomic mass is 9.97. The van der Waals surface area contributed by atoms with Crippen LogP contribution in [0.2, 0.25) is 0 Å². The van der Waals surface area contributed by atoms with Gasteiger partial charge < -0.3 is 11.1 Å². The minimum atomic E-state index is -0.378.